The van der Waals surface area contributed by atoms with Gasteiger partial charge in [0.25, 0.3) is 0 Å². The predicted octanol–water partition coefficient (Wildman–Crippen LogP) is 5.40. The van der Waals surface area contributed by atoms with Crippen LogP contribution in [0.2, 0.25) is 5.02 Å². The van der Waals surface area contributed by atoms with Crippen LogP contribution in [0.5, 0.6) is 0 Å². The van der Waals surface area contributed by atoms with Crippen molar-refractivity contribution in [3.05, 3.63) is 70.2 Å². The van der Waals surface area contributed by atoms with Crippen LogP contribution in [-0.2, 0) is 20.8 Å². The van der Waals surface area contributed by atoms with E-state index in [4.69, 9.17) is 25.8 Å². The van der Waals surface area contributed by atoms with Gasteiger partial charge in [0.1, 0.15) is 6.61 Å². The first-order valence-electron chi connectivity index (χ1n) is 11.0. The maximum absolute atomic E-state index is 13.0. The Hall–Kier alpha value is -2.57. The number of amides is 1. The van der Waals surface area contributed by atoms with Crippen LogP contribution >= 0.6 is 11.6 Å². The number of rotatable bonds is 7. The van der Waals surface area contributed by atoms with E-state index in [-0.39, 0.29) is 24.8 Å². The Morgan fingerprint density at radius 3 is 2.56 bits per heavy atom. The fraction of sp³-hybridized carbons (Fsp3) is 0.440. The number of carbonyl (C=O) groups is 2. The van der Waals surface area contributed by atoms with Gasteiger partial charge in [-0.05, 0) is 54.9 Å². The van der Waals surface area contributed by atoms with Crippen LogP contribution < -0.4 is 0 Å². The van der Waals surface area contributed by atoms with Crippen molar-refractivity contribution < 1.29 is 23.8 Å². The molecule has 0 N–H and O–H groups in total. The van der Waals surface area contributed by atoms with Crippen molar-refractivity contribution in [2.75, 3.05) is 20.3 Å². The Morgan fingerprint density at radius 2 is 1.88 bits per heavy atom. The zero-order valence-corrected chi connectivity index (χ0v) is 18.9. The normalized spacial score (nSPS) is 20.6. The van der Waals surface area contributed by atoms with Crippen molar-refractivity contribution in [1.29, 1.82) is 0 Å². The molecule has 0 spiro atoms. The van der Waals surface area contributed by atoms with E-state index in [0.29, 0.717) is 29.5 Å². The highest BCUT2D eigenvalue weighted by Crippen LogP contribution is 2.36. The van der Waals surface area contributed by atoms with Gasteiger partial charge in [-0.15, -0.1) is 0 Å². The Morgan fingerprint density at radius 1 is 1.09 bits per heavy atom. The van der Waals surface area contributed by atoms with Crippen molar-refractivity contribution in [2.24, 2.45) is 5.92 Å². The van der Waals surface area contributed by atoms with E-state index >= 15 is 0 Å². The van der Waals surface area contributed by atoms with E-state index < -0.39 is 5.97 Å². The fourth-order valence-corrected chi connectivity index (χ4v) is 4.26. The highest BCUT2D eigenvalue weighted by atomic mass is 35.5. The Balaban J connectivity index is 1.50. The van der Waals surface area contributed by atoms with Gasteiger partial charge >= 0.3 is 12.1 Å². The molecule has 1 aliphatic heterocycles. The van der Waals surface area contributed by atoms with Crippen LogP contribution in [0.1, 0.15) is 53.2 Å². The molecule has 0 bridgehead atoms. The number of hydrogen-bond donors (Lipinski definition) is 0. The van der Waals surface area contributed by atoms with Gasteiger partial charge in [0.05, 0.1) is 29.8 Å². The van der Waals surface area contributed by atoms with Gasteiger partial charge in [-0.3, -0.25) is 0 Å². The Kier molecular flexibility index (Phi) is 7.33. The van der Waals surface area contributed by atoms with Gasteiger partial charge in [0, 0.05) is 13.2 Å². The quantitative estimate of drug-likeness (QED) is 0.521. The number of halogens is 1. The van der Waals surface area contributed by atoms with Crippen LogP contribution in [0.3, 0.4) is 0 Å². The summed E-state index contributed by atoms with van der Waals surface area (Å²) in [5.41, 5.74) is 2.08. The van der Waals surface area contributed by atoms with Crippen LogP contribution in [0.25, 0.3) is 0 Å². The molecule has 1 amide bonds. The van der Waals surface area contributed by atoms with Gasteiger partial charge in [-0.2, -0.15) is 0 Å². The molecule has 0 radical (unpaired) electrons. The first-order chi connectivity index (χ1) is 15.5. The molecule has 2 unspecified atom stereocenters. The average molecular weight is 458 g/mol. The van der Waals surface area contributed by atoms with Gasteiger partial charge in [0.2, 0.25) is 0 Å². The molecule has 2 aliphatic rings. The van der Waals surface area contributed by atoms with Crippen LogP contribution in [0.15, 0.2) is 48.5 Å². The topological polar surface area (TPSA) is 65.1 Å². The first kappa shape index (κ1) is 22.6. The van der Waals surface area contributed by atoms with Gasteiger partial charge in [0.15, 0.2) is 0 Å². The number of methoxy groups -OCH3 is 1. The van der Waals surface area contributed by atoms with E-state index in [0.717, 1.165) is 24.2 Å². The second-order valence-electron chi connectivity index (χ2n) is 8.40. The van der Waals surface area contributed by atoms with E-state index in [1.165, 1.54) is 20.0 Å². The number of hydrogen-bond acceptors (Lipinski definition) is 5. The van der Waals surface area contributed by atoms with E-state index in [1.54, 1.807) is 17.0 Å². The molecule has 2 aromatic rings. The van der Waals surface area contributed by atoms with Gasteiger partial charge in [-0.1, -0.05) is 48.0 Å². The smallest absolute Gasteiger partial charge is 0.410 e. The number of ether oxygens (including phenoxy) is 3. The van der Waals surface area contributed by atoms with Crippen molar-refractivity contribution in [2.45, 2.75) is 44.4 Å². The second kappa shape index (κ2) is 10.4. The summed E-state index contributed by atoms with van der Waals surface area (Å²) in [5.74, 6) is 0.186. The SMILES string of the molecule is COC(=O)c1ccc(C2CC(OCC3CC3)CCN2C(=O)OCc2ccccc2)cc1Cl. The van der Waals surface area contributed by atoms with E-state index in [2.05, 4.69) is 0 Å². The standard InChI is InChI=1S/C25H28ClNO5/c1-30-24(28)21-10-9-19(13-22(21)26)23-14-20(31-15-18-7-8-18)11-12-27(23)25(29)32-16-17-5-3-2-4-6-17/h2-6,9-10,13,18,20,23H,7-8,11-12,14-16H2,1H3. The molecule has 1 aliphatic carbocycles. The highest BCUT2D eigenvalue weighted by molar-refractivity contribution is 6.33. The molecule has 2 fully saturated rings. The fourth-order valence-electron chi connectivity index (χ4n) is 3.99. The van der Waals surface area contributed by atoms with Gasteiger partial charge < -0.3 is 19.1 Å². The minimum atomic E-state index is -0.491. The summed E-state index contributed by atoms with van der Waals surface area (Å²) in [6, 6.07) is 14.6. The molecule has 7 heteroatoms. The molecule has 1 heterocycles. The number of esters is 1. The minimum Gasteiger partial charge on any atom is -0.465 e. The van der Waals surface area contributed by atoms with Crippen molar-refractivity contribution >= 4 is 23.7 Å². The summed E-state index contributed by atoms with van der Waals surface area (Å²) in [6.45, 7) is 1.52. The molecular formula is C25H28ClNO5. The summed E-state index contributed by atoms with van der Waals surface area (Å²) >= 11 is 6.37. The lowest BCUT2D eigenvalue weighted by atomic mass is 9.93. The molecule has 2 atom stereocenters. The molecule has 32 heavy (non-hydrogen) atoms. The number of benzene rings is 2. The van der Waals surface area contributed by atoms with E-state index in [9.17, 15) is 9.59 Å². The third kappa shape index (κ3) is 5.61. The number of likely N-dealkylation sites (tertiary alicyclic amines) is 1. The van der Waals surface area contributed by atoms with Crippen molar-refractivity contribution in [1.82, 2.24) is 4.90 Å². The maximum atomic E-state index is 13.0. The summed E-state index contributed by atoms with van der Waals surface area (Å²) in [7, 11) is 1.32. The second-order valence-corrected chi connectivity index (χ2v) is 8.81. The van der Waals surface area contributed by atoms with Crippen molar-refractivity contribution in [3.63, 3.8) is 0 Å². The monoisotopic (exact) mass is 457 g/mol. The molecule has 1 saturated heterocycles. The molecule has 0 aromatic heterocycles. The number of nitrogens with zero attached hydrogens (tertiary/aromatic N) is 1. The Bertz CT molecular complexity index is 947. The average Bonchev–Trinajstić information content (AvgIpc) is 3.66. The maximum Gasteiger partial charge on any atom is 0.410 e. The largest absolute Gasteiger partial charge is 0.465 e. The number of carbonyl (C=O) groups excluding carboxylic acids is 2. The predicted molar refractivity (Wildman–Crippen MR) is 121 cm³/mol. The van der Waals surface area contributed by atoms with Crippen LogP contribution in [0.4, 0.5) is 4.79 Å². The lowest BCUT2D eigenvalue weighted by Gasteiger charge is -2.39. The lowest BCUT2D eigenvalue weighted by Crippen LogP contribution is -2.43. The highest BCUT2D eigenvalue weighted by Gasteiger charge is 2.35. The molecule has 6 nitrogen and oxygen atoms in total. The summed E-state index contributed by atoms with van der Waals surface area (Å²) < 4.78 is 16.5. The summed E-state index contributed by atoms with van der Waals surface area (Å²) in [6.07, 6.45) is 3.58. The molecule has 170 valence electrons. The third-order valence-corrected chi connectivity index (χ3v) is 6.35. The summed E-state index contributed by atoms with van der Waals surface area (Å²) in [4.78, 5) is 26.6. The van der Waals surface area contributed by atoms with Crippen molar-refractivity contribution in [3.8, 4) is 0 Å². The van der Waals surface area contributed by atoms with Crippen LogP contribution in [0, 0.1) is 5.92 Å². The molecular weight excluding hydrogens is 430 g/mol. The lowest BCUT2D eigenvalue weighted by molar-refractivity contribution is -0.0208. The number of piperidine rings is 1. The molecule has 1 saturated carbocycles. The summed E-state index contributed by atoms with van der Waals surface area (Å²) in [5, 5.41) is 0.299. The van der Waals surface area contributed by atoms with Crippen LogP contribution in [-0.4, -0.2) is 43.3 Å². The first-order valence-corrected chi connectivity index (χ1v) is 11.4. The zero-order chi connectivity index (χ0) is 22.5. The third-order valence-electron chi connectivity index (χ3n) is 6.04. The Labute approximate surface area is 193 Å². The minimum absolute atomic E-state index is 0.0674. The van der Waals surface area contributed by atoms with E-state index in [1.807, 2.05) is 36.4 Å². The molecule has 4 rings (SSSR count). The molecule has 2 aromatic carbocycles. The zero-order valence-electron chi connectivity index (χ0n) is 18.2. The van der Waals surface area contributed by atoms with Gasteiger partial charge in [-0.25, -0.2) is 9.59 Å².